The van der Waals surface area contributed by atoms with E-state index in [1.807, 2.05) is 0 Å². The number of benzene rings is 1. The molecule has 0 aliphatic rings. The van der Waals surface area contributed by atoms with Crippen LogP contribution in [0.4, 0.5) is 0 Å². The lowest BCUT2D eigenvalue weighted by Gasteiger charge is -2.11. The van der Waals surface area contributed by atoms with Crippen LogP contribution in [0.5, 0.6) is 5.75 Å². The predicted octanol–water partition coefficient (Wildman–Crippen LogP) is 2.84. The minimum absolute atomic E-state index is 0.255. The molecule has 0 aliphatic carbocycles. The highest BCUT2D eigenvalue weighted by Crippen LogP contribution is 2.19. The molecule has 106 valence electrons. The second-order valence-corrected chi connectivity index (χ2v) is 4.76. The molecule has 0 amide bonds. The first kappa shape index (κ1) is 16.0. The quantitative estimate of drug-likeness (QED) is 0.452. The van der Waals surface area contributed by atoms with Crippen LogP contribution < -0.4 is 4.74 Å². The molecule has 1 rings (SSSR count). The van der Waals surface area contributed by atoms with Gasteiger partial charge in [-0.1, -0.05) is 28.1 Å². The van der Waals surface area contributed by atoms with Gasteiger partial charge >= 0.3 is 5.97 Å². The molecule has 1 aromatic carbocycles. The van der Waals surface area contributed by atoms with Crippen molar-refractivity contribution in [2.75, 3.05) is 18.5 Å². The van der Waals surface area contributed by atoms with Gasteiger partial charge in [0.25, 0.3) is 0 Å². The fraction of sp³-hybridized carbons (Fsp3) is 0.500. The second kappa shape index (κ2) is 8.93. The molecular weight excluding hydrogens is 312 g/mol. The molecule has 0 unspecified atom stereocenters. The van der Waals surface area contributed by atoms with Crippen LogP contribution >= 0.6 is 15.9 Å². The van der Waals surface area contributed by atoms with Crippen molar-refractivity contribution in [2.24, 2.45) is 0 Å². The molecule has 0 spiro atoms. The van der Waals surface area contributed by atoms with Crippen LogP contribution in [-0.4, -0.2) is 29.6 Å². The second-order valence-electron chi connectivity index (χ2n) is 3.97. The molecule has 0 bridgehead atoms. The number of hydrogen-bond acceptors (Lipinski definition) is 4. The van der Waals surface area contributed by atoms with Gasteiger partial charge in [0, 0.05) is 5.33 Å². The van der Waals surface area contributed by atoms with Crippen molar-refractivity contribution >= 4 is 21.9 Å². The molecule has 4 nitrogen and oxygen atoms in total. The summed E-state index contributed by atoms with van der Waals surface area (Å²) in [5, 5.41) is 10.7. The number of carbonyl (C=O) groups excluding carboxylic acids is 1. The van der Waals surface area contributed by atoms with Crippen LogP contribution in [0.1, 0.15) is 31.4 Å². The van der Waals surface area contributed by atoms with Crippen LogP contribution in [0, 0.1) is 0 Å². The summed E-state index contributed by atoms with van der Waals surface area (Å²) in [4.78, 5) is 11.4. The summed E-state index contributed by atoms with van der Waals surface area (Å²) in [5.74, 6) is 0.0999. The molecule has 0 saturated carbocycles. The van der Waals surface area contributed by atoms with Crippen molar-refractivity contribution < 1.29 is 19.4 Å². The molecular formula is C14H19BrO4. The Morgan fingerprint density at radius 1 is 1.32 bits per heavy atom. The zero-order valence-corrected chi connectivity index (χ0v) is 12.6. The van der Waals surface area contributed by atoms with E-state index in [1.165, 1.54) is 0 Å². The first-order valence-corrected chi connectivity index (χ1v) is 7.44. The molecule has 0 radical (unpaired) electrons. The Balaban J connectivity index is 2.48. The Bertz CT molecular complexity index is 378. The van der Waals surface area contributed by atoms with Gasteiger partial charge in [0.2, 0.25) is 0 Å². The largest absolute Gasteiger partial charge is 0.494 e. The van der Waals surface area contributed by atoms with Gasteiger partial charge in [0.1, 0.15) is 5.75 Å². The van der Waals surface area contributed by atoms with Crippen LogP contribution in [-0.2, 0) is 9.53 Å². The van der Waals surface area contributed by atoms with E-state index in [0.717, 1.165) is 23.9 Å². The molecule has 0 aromatic heterocycles. The van der Waals surface area contributed by atoms with Gasteiger partial charge in [-0.15, -0.1) is 0 Å². The predicted molar refractivity (Wildman–Crippen MR) is 76.6 cm³/mol. The Kier molecular flexibility index (Phi) is 7.52. The zero-order valence-electron chi connectivity index (χ0n) is 11.0. The molecule has 0 fully saturated rings. The minimum atomic E-state index is -1.23. The summed E-state index contributed by atoms with van der Waals surface area (Å²) in [6.45, 7) is 2.62. The molecule has 0 aliphatic heterocycles. The first-order valence-electron chi connectivity index (χ1n) is 6.32. The lowest BCUT2D eigenvalue weighted by atomic mass is 10.1. The van der Waals surface area contributed by atoms with E-state index in [4.69, 9.17) is 9.47 Å². The minimum Gasteiger partial charge on any atom is -0.494 e. The first-order chi connectivity index (χ1) is 9.19. The van der Waals surface area contributed by atoms with Gasteiger partial charge in [-0.05, 0) is 37.5 Å². The Morgan fingerprint density at radius 3 is 2.58 bits per heavy atom. The summed E-state index contributed by atoms with van der Waals surface area (Å²) in [6.07, 6.45) is 0.820. The van der Waals surface area contributed by atoms with Crippen molar-refractivity contribution in [3.8, 4) is 5.75 Å². The lowest BCUT2D eigenvalue weighted by Crippen LogP contribution is -2.15. The normalized spacial score (nSPS) is 11.9. The highest BCUT2D eigenvalue weighted by Gasteiger charge is 2.18. The van der Waals surface area contributed by atoms with Gasteiger partial charge in [-0.2, -0.15) is 0 Å². The average molecular weight is 331 g/mol. The van der Waals surface area contributed by atoms with Crippen molar-refractivity contribution in [2.45, 2.75) is 25.9 Å². The highest BCUT2D eigenvalue weighted by molar-refractivity contribution is 9.09. The van der Waals surface area contributed by atoms with E-state index < -0.39 is 12.1 Å². The van der Waals surface area contributed by atoms with E-state index in [0.29, 0.717) is 12.2 Å². The summed E-state index contributed by atoms with van der Waals surface area (Å²) in [5.41, 5.74) is 0.506. The van der Waals surface area contributed by atoms with E-state index in [-0.39, 0.29) is 6.61 Å². The topological polar surface area (TPSA) is 55.8 Å². The molecule has 0 saturated heterocycles. The summed E-state index contributed by atoms with van der Waals surface area (Å²) >= 11 is 3.36. The molecule has 19 heavy (non-hydrogen) atoms. The molecule has 1 atom stereocenters. The van der Waals surface area contributed by atoms with Crippen LogP contribution in [0.2, 0.25) is 0 Å². The number of esters is 1. The monoisotopic (exact) mass is 330 g/mol. The number of halogens is 1. The van der Waals surface area contributed by atoms with Gasteiger partial charge in [-0.25, -0.2) is 4.79 Å². The number of rotatable bonds is 8. The van der Waals surface area contributed by atoms with Crippen LogP contribution in [0.15, 0.2) is 24.3 Å². The number of aliphatic hydroxyl groups is 1. The van der Waals surface area contributed by atoms with E-state index >= 15 is 0 Å². The van der Waals surface area contributed by atoms with E-state index in [1.54, 1.807) is 31.2 Å². The number of hydrogen-bond donors (Lipinski definition) is 1. The number of alkyl halides is 1. The maximum Gasteiger partial charge on any atom is 0.339 e. The number of unbranched alkanes of at least 4 members (excludes halogenated alkanes) is 1. The smallest absolute Gasteiger partial charge is 0.339 e. The molecule has 1 N–H and O–H groups in total. The van der Waals surface area contributed by atoms with E-state index in [2.05, 4.69) is 15.9 Å². The van der Waals surface area contributed by atoms with Crippen molar-refractivity contribution in [3.63, 3.8) is 0 Å². The van der Waals surface area contributed by atoms with Crippen molar-refractivity contribution in [3.05, 3.63) is 29.8 Å². The average Bonchev–Trinajstić information content (AvgIpc) is 2.44. The lowest BCUT2D eigenvalue weighted by molar-refractivity contribution is -0.153. The summed E-state index contributed by atoms with van der Waals surface area (Å²) in [7, 11) is 0. The number of carbonyl (C=O) groups is 1. The molecule has 5 heteroatoms. The Hall–Kier alpha value is -1.07. The SMILES string of the molecule is CCOC(=O)[C@H](O)c1ccc(OCCCCBr)cc1. The Morgan fingerprint density at radius 2 is 2.00 bits per heavy atom. The summed E-state index contributed by atoms with van der Waals surface area (Å²) < 4.78 is 10.3. The molecule has 1 aromatic rings. The van der Waals surface area contributed by atoms with Gasteiger partial charge in [0.05, 0.1) is 13.2 Å². The van der Waals surface area contributed by atoms with Crippen LogP contribution in [0.25, 0.3) is 0 Å². The fourth-order valence-electron chi connectivity index (χ4n) is 1.49. The van der Waals surface area contributed by atoms with Crippen LogP contribution in [0.3, 0.4) is 0 Å². The summed E-state index contributed by atoms with van der Waals surface area (Å²) in [6, 6.07) is 6.82. The molecule has 0 heterocycles. The van der Waals surface area contributed by atoms with Crippen molar-refractivity contribution in [1.82, 2.24) is 0 Å². The zero-order chi connectivity index (χ0) is 14.1. The van der Waals surface area contributed by atoms with Gasteiger partial charge < -0.3 is 14.6 Å². The maximum absolute atomic E-state index is 11.4. The highest BCUT2D eigenvalue weighted by atomic mass is 79.9. The number of ether oxygens (including phenoxy) is 2. The number of aliphatic hydroxyl groups excluding tert-OH is 1. The van der Waals surface area contributed by atoms with Gasteiger partial charge in [-0.3, -0.25) is 0 Å². The third-order valence-electron chi connectivity index (χ3n) is 2.50. The Labute approximate surface area is 121 Å². The third-order valence-corrected chi connectivity index (χ3v) is 3.06. The van der Waals surface area contributed by atoms with Gasteiger partial charge in [0.15, 0.2) is 6.10 Å². The fourth-order valence-corrected chi connectivity index (χ4v) is 1.89. The third kappa shape index (κ3) is 5.61. The van der Waals surface area contributed by atoms with E-state index in [9.17, 15) is 9.90 Å². The maximum atomic E-state index is 11.4. The standard InChI is InChI=1S/C14H19BrO4/c1-2-18-14(17)13(16)11-5-7-12(8-6-11)19-10-4-3-9-15/h5-8,13,16H,2-4,9-10H2,1H3/t13-/m1/s1. The van der Waals surface area contributed by atoms with Crippen molar-refractivity contribution in [1.29, 1.82) is 0 Å².